The molecule has 1 aliphatic rings. The second kappa shape index (κ2) is 12.8. The van der Waals surface area contributed by atoms with Crippen molar-refractivity contribution in [1.29, 1.82) is 5.26 Å². The van der Waals surface area contributed by atoms with E-state index in [1.54, 1.807) is 18.2 Å². The number of hydrogen-bond donors (Lipinski definition) is 0. The van der Waals surface area contributed by atoms with E-state index in [0.29, 0.717) is 33.2 Å². The Hall–Kier alpha value is -1.74. The molecule has 2 aromatic rings. The van der Waals surface area contributed by atoms with Crippen LogP contribution in [0.1, 0.15) is 53.6 Å². The van der Waals surface area contributed by atoms with E-state index in [1.807, 2.05) is 12.1 Å². The topological polar surface area (TPSA) is 59.3 Å². The molecule has 1 aromatic heterocycles. The molecule has 2 unspecified atom stereocenters. The van der Waals surface area contributed by atoms with E-state index in [-0.39, 0.29) is 11.9 Å². The van der Waals surface area contributed by atoms with Crippen LogP contribution in [0, 0.1) is 23.2 Å². The van der Waals surface area contributed by atoms with E-state index in [9.17, 15) is 4.79 Å². The molecule has 1 fully saturated rings. The molecule has 2 atom stereocenters. The van der Waals surface area contributed by atoms with Crippen LogP contribution in [0.3, 0.4) is 0 Å². The third-order valence-corrected chi connectivity index (χ3v) is 6.43. The number of aryl methyl sites for hydroxylation is 1. The summed E-state index contributed by atoms with van der Waals surface area (Å²) in [6.07, 6.45) is 6.42. The van der Waals surface area contributed by atoms with Crippen LogP contribution >= 0.6 is 34.5 Å². The van der Waals surface area contributed by atoms with Gasteiger partial charge in [-0.05, 0) is 68.4 Å². The minimum Gasteiger partial charge on any atom is -0.493 e. The molecular formula is C23H27Cl2NO3S. The van der Waals surface area contributed by atoms with Gasteiger partial charge in [0.1, 0.15) is 10.6 Å². The van der Waals surface area contributed by atoms with E-state index >= 15 is 0 Å². The maximum absolute atomic E-state index is 11.1. The molecule has 0 amide bonds. The molecule has 1 aliphatic carbocycles. The number of carbonyl (C=O) groups excluding carboxylic acids is 1. The number of hydrogen-bond acceptors (Lipinski definition) is 5. The number of carbonyl (C=O) groups is 1. The van der Waals surface area contributed by atoms with Gasteiger partial charge in [-0.3, -0.25) is 0 Å². The third kappa shape index (κ3) is 8.18. The summed E-state index contributed by atoms with van der Waals surface area (Å²) in [5.41, 5.74) is 0. The van der Waals surface area contributed by atoms with Crippen LogP contribution in [0.25, 0.3) is 0 Å². The molecule has 0 bridgehead atoms. The largest absolute Gasteiger partial charge is 0.493 e. The zero-order chi connectivity index (χ0) is 21.9. The van der Waals surface area contributed by atoms with Gasteiger partial charge < -0.3 is 9.47 Å². The lowest BCUT2D eigenvalue weighted by Crippen LogP contribution is -2.08. The Morgan fingerprint density at radius 2 is 1.97 bits per heavy atom. The number of nitriles is 1. The Bertz CT molecular complexity index is 842. The molecule has 0 radical (unpaired) electrons. The van der Waals surface area contributed by atoms with Crippen LogP contribution in [0.15, 0.2) is 30.3 Å². The van der Waals surface area contributed by atoms with Crippen molar-refractivity contribution in [3.05, 3.63) is 50.1 Å². The van der Waals surface area contributed by atoms with Crippen LogP contribution in [0.4, 0.5) is 0 Å². The van der Waals surface area contributed by atoms with Crippen LogP contribution in [0.2, 0.25) is 10.0 Å². The Kier molecular flexibility index (Phi) is 10.5. The van der Waals surface area contributed by atoms with Gasteiger partial charge in [-0.25, -0.2) is 4.79 Å². The smallest absolute Gasteiger partial charge is 0.348 e. The standard InChI is InChI=1S/C13H13Cl2NO.C10H14O2S/c14-11-4-12(15)6-13(5-11)17-8-10-2-1-9(3-10)7-16;1-3-4-5-8-6-7-9(13-8)10(11)12-2/h4-6,9-10H,1-3,8H2;6-7H,3-5H2,1-2H3. The fraction of sp³-hybridized carbons (Fsp3) is 0.478. The quantitative estimate of drug-likeness (QED) is 0.404. The molecule has 162 valence electrons. The van der Waals surface area contributed by atoms with Gasteiger partial charge in [0.05, 0.1) is 19.8 Å². The molecule has 7 heteroatoms. The van der Waals surface area contributed by atoms with Crippen molar-refractivity contribution < 1.29 is 14.3 Å². The Balaban J connectivity index is 0.000000222. The molecule has 1 heterocycles. The highest BCUT2D eigenvalue weighted by molar-refractivity contribution is 7.13. The zero-order valence-corrected chi connectivity index (χ0v) is 19.7. The molecule has 1 saturated carbocycles. The van der Waals surface area contributed by atoms with Gasteiger partial charge >= 0.3 is 5.97 Å². The average Bonchev–Trinajstić information content (AvgIpc) is 3.39. The van der Waals surface area contributed by atoms with Crippen molar-refractivity contribution in [1.82, 2.24) is 0 Å². The number of unbranched alkanes of at least 4 members (excludes halogenated alkanes) is 1. The SMILES string of the molecule is CCCCc1ccc(C(=O)OC)s1.N#CC1CCC(COc2cc(Cl)cc(Cl)c2)C1. The second-order valence-corrected chi connectivity index (χ2v) is 9.32. The normalized spacial score (nSPS) is 17.6. The molecule has 4 nitrogen and oxygen atoms in total. The fourth-order valence-corrected chi connectivity index (χ4v) is 4.72. The van der Waals surface area contributed by atoms with E-state index in [4.69, 9.17) is 33.2 Å². The van der Waals surface area contributed by atoms with E-state index in [0.717, 1.165) is 25.7 Å². The second-order valence-electron chi connectivity index (χ2n) is 7.28. The van der Waals surface area contributed by atoms with Crippen LogP contribution in [0.5, 0.6) is 5.75 Å². The first kappa shape index (κ1) is 24.5. The molecule has 0 saturated heterocycles. The molecule has 1 aromatic carbocycles. The maximum atomic E-state index is 11.1. The van der Waals surface area contributed by atoms with Gasteiger partial charge in [0, 0.05) is 20.8 Å². The van der Waals surface area contributed by atoms with E-state index < -0.39 is 0 Å². The van der Waals surface area contributed by atoms with Crippen molar-refractivity contribution in [2.75, 3.05) is 13.7 Å². The van der Waals surface area contributed by atoms with E-state index in [2.05, 4.69) is 17.7 Å². The first-order valence-electron chi connectivity index (χ1n) is 10.1. The summed E-state index contributed by atoms with van der Waals surface area (Å²) in [4.78, 5) is 13.1. The average molecular weight is 468 g/mol. The lowest BCUT2D eigenvalue weighted by atomic mass is 10.1. The summed E-state index contributed by atoms with van der Waals surface area (Å²) in [6, 6.07) is 11.3. The number of ether oxygens (including phenoxy) is 2. The van der Waals surface area contributed by atoms with Crippen molar-refractivity contribution in [2.24, 2.45) is 11.8 Å². The predicted octanol–water partition coefficient (Wildman–Crippen LogP) is 7.19. The van der Waals surface area contributed by atoms with Gasteiger partial charge in [-0.1, -0.05) is 36.5 Å². The third-order valence-electron chi connectivity index (χ3n) is 4.87. The minimum atomic E-state index is -0.229. The Morgan fingerprint density at radius 1 is 1.23 bits per heavy atom. The van der Waals surface area contributed by atoms with Crippen molar-refractivity contribution in [3.8, 4) is 11.8 Å². The lowest BCUT2D eigenvalue weighted by molar-refractivity contribution is 0.0606. The molecule has 30 heavy (non-hydrogen) atoms. The fourth-order valence-electron chi connectivity index (χ4n) is 3.24. The highest BCUT2D eigenvalue weighted by Gasteiger charge is 2.24. The number of methoxy groups -OCH3 is 1. The number of thiophene rings is 1. The van der Waals surface area contributed by atoms with Crippen LogP contribution in [-0.2, 0) is 11.2 Å². The molecule has 0 spiro atoms. The molecular weight excluding hydrogens is 441 g/mol. The van der Waals surface area contributed by atoms with Gasteiger partial charge in [0.15, 0.2) is 0 Å². The number of rotatable bonds is 7. The Labute approximate surface area is 192 Å². The monoisotopic (exact) mass is 467 g/mol. The summed E-state index contributed by atoms with van der Waals surface area (Å²) < 4.78 is 10.3. The molecule has 0 N–H and O–H groups in total. The van der Waals surface area contributed by atoms with Gasteiger partial charge in [-0.2, -0.15) is 5.26 Å². The van der Waals surface area contributed by atoms with E-state index in [1.165, 1.54) is 36.2 Å². The molecule has 0 aliphatic heterocycles. The number of nitrogens with zero attached hydrogens (tertiary/aromatic N) is 1. The van der Waals surface area contributed by atoms with Gasteiger partial charge in [0.25, 0.3) is 0 Å². The van der Waals surface area contributed by atoms with Gasteiger partial charge in [-0.15, -0.1) is 11.3 Å². The summed E-state index contributed by atoms with van der Waals surface area (Å²) in [7, 11) is 1.41. The summed E-state index contributed by atoms with van der Waals surface area (Å²) in [5.74, 6) is 1.14. The highest BCUT2D eigenvalue weighted by Crippen LogP contribution is 2.31. The van der Waals surface area contributed by atoms with Crippen LogP contribution < -0.4 is 4.74 Å². The van der Waals surface area contributed by atoms with Crippen molar-refractivity contribution >= 4 is 40.5 Å². The summed E-state index contributed by atoms with van der Waals surface area (Å²) >= 11 is 13.3. The first-order valence-corrected chi connectivity index (χ1v) is 11.7. The maximum Gasteiger partial charge on any atom is 0.348 e. The minimum absolute atomic E-state index is 0.201. The van der Waals surface area contributed by atoms with Crippen LogP contribution in [-0.4, -0.2) is 19.7 Å². The first-order chi connectivity index (χ1) is 14.4. The lowest BCUT2D eigenvalue weighted by Gasteiger charge is -2.11. The Morgan fingerprint density at radius 3 is 2.57 bits per heavy atom. The van der Waals surface area contributed by atoms with Crippen molar-refractivity contribution in [2.45, 2.75) is 45.4 Å². The number of esters is 1. The summed E-state index contributed by atoms with van der Waals surface area (Å²) in [5, 5.41) is 9.97. The zero-order valence-electron chi connectivity index (χ0n) is 17.3. The molecule has 3 rings (SSSR count). The highest BCUT2D eigenvalue weighted by atomic mass is 35.5. The number of benzene rings is 1. The number of halogens is 2. The predicted molar refractivity (Wildman–Crippen MR) is 123 cm³/mol. The van der Waals surface area contributed by atoms with Crippen molar-refractivity contribution in [3.63, 3.8) is 0 Å². The summed E-state index contributed by atoms with van der Waals surface area (Å²) in [6.45, 7) is 2.80. The van der Waals surface area contributed by atoms with Gasteiger partial charge in [0.2, 0.25) is 0 Å².